The maximum Gasteiger partial charge on any atom is 0.394 e. The average Bonchev–Trinajstić information content (AvgIpc) is 2.81. The van der Waals surface area contributed by atoms with Crippen LogP contribution < -0.4 is 15.4 Å². The molecule has 0 radical (unpaired) electrons. The molecule has 0 aromatic heterocycles. The smallest absolute Gasteiger partial charge is 0.394 e. The monoisotopic (exact) mass is 460 g/mol. The molecule has 4 N–H and O–H groups in total. The van der Waals surface area contributed by atoms with E-state index < -0.39 is 11.9 Å². The number of rotatable bonds is 6. The molecule has 0 fully saturated rings. The first kappa shape index (κ1) is 23.3. The van der Waals surface area contributed by atoms with Crippen molar-refractivity contribution in [2.75, 3.05) is 5.32 Å². The SMILES string of the molecule is Cc1cc(NC(=O)C(=O)O)cc(C)c1Oc1ccc(O)c(CNC2CCCc3ccccc32)c1. The number of nitrogens with one attached hydrogen (secondary N) is 2. The number of carbonyl (C=O) groups excluding carboxylic acids is 1. The van der Waals surface area contributed by atoms with Crippen LogP contribution in [0.1, 0.15) is 46.7 Å². The van der Waals surface area contributed by atoms with E-state index in [2.05, 4.69) is 34.9 Å². The second kappa shape index (κ2) is 9.97. The lowest BCUT2D eigenvalue weighted by atomic mass is 9.87. The summed E-state index contributed by atoms with van der Waals surface area (Å²) < 4.78 is 6.12. The number of carboxylic acid groups (broad SMARTS) is 1. The molecule has 3 aromatic rings. The number of aliphatic carboxylic acids is 1. The van der Waals surface area contributed by atoms with Gasteiger partial charge >= 0.3 is 11.9 Å². The van der Waals surface area contributed by atoms with Gasteiger partial charge in [-0.15, -0.1) is 0 Å². The highest BCUT2D eigenvalue weighted by Crippen LogP contribution is 2.34. The van der Waals surface area contributed by atoms with Crippen molar-refractivity contribution in [2.24, 2.45) is 0 Å². The first-order chi connectivity index (χ1) is 16.3. The molecule has 7 nitrogen and oxygen atoms in total. The lowest BCUT2D eigenvalue weighted by Crippen LogP contribution is -2.24. The summed E-state index contributed by atoms with van der Waals surface area (Å²) in [5.41, 5.74) is 5.31. The van der Waals surface area contributed by atoms with Crippen molar-refractivity contribution >= 4 is 17.6 Å². The van der Waals surface area contributed by atoms with E-state index in [1.54, 1.807) is 24.3 Å². The normalized spacial score (nSPS) is 14.8. The van der Waals surface area contributed by atoms with Crippen molar-refractivity contribution < 1.29 is 24.5 Å². The van der Waals surface area contributed by atoms with E-state index in [0.29, 0.717) is 23.7 Å². The maximum absolute atomic E-state index is 11.5. The second-order valence-corrected chi connectivity index (χ2v) is 8.62. The summed E-state index contributed by atoms with van der Waals surface area (Å²) in [5.74, 6) is -1.25. The Morgan fingerprint density at radius 1 is 1.06 bits per heavy atom. The fraction of sp³-hybridized carbons (Fsp3) is 0.259. The Balaban J connectivity index is 1.49. The Morgan fingerprint density at radius 2 is 1.79 bits per heavy atom. The van der Waals surface area contributed by atoms with Gasteiger partial charge in [-0.05, 0) is 85.7 Å². The van der Waals surface area contributed by atoms with Crippen molar-refractivity contribution in [3.05, 3.63) is 82.4 Å². The highest BCUT2D eigenvalue weighted by molar-refractivity contribution is 6.36. The van der Waals surface area contributed by atoms with E-state index in [-0.39, 0.29) is 11.8 Å². The molecule has 34 heavy (non-hydrogen) atoms. The molecule has 1 unspecified atom stereocenters. The summed E-state index contributed by atoms with van der Waals surface area (Å²) in [7, 11) is 0. The Labute approximate surface area is 198 Å². The van der Waals surface area contributed by atoms with Crippen LogP contribution in [0.2, 0.25) is 0 Å². The van der Waals surface area contributed by atoms with Gasteiger partial charge in [0.2, 0.25) is 0 Å². The highest BCUT2D eigenvalue weighted by atomic mass is 16.5. The van der Waals surface area contributed by atoms with Crippen LogP contribution in [-0.2, 0) is 22.6 Å². The zero-order valence-corrected chi connectivity index (χ0v) is 19.2. The number of hydrogen-bond donors (Lipinski definition) is 4. The summed E-state index contributed by atoms with van der Waals surface area (Å²) in [6.07, 6.45) is 3.28. The maximum atomic E-state index is 11.5. The van der Waals surface area contributed by atoms with Crippen LogP contribution in [0.4, 0.5) is 5.69 Å². The Kier molecular flexibility index (Phi) is 6.84. The number of fused-ring (bicyclic) bond motifs is 1. The van der Waals surface area contributed by atoms with Crippen molar-refractivity contribution in [2.45, 2.75) is 45.7 Å². The van der Waals surface area contributed by atoms with Crippen LogP contribution in [0.25, 0.3) is 0 Å². The number of aromatic hydroxyl groups is 1. The van der Waals surface area contributed by atoms with Crippen LogP contribution in [0.15, 0.2) is 54.6 Å². The largest absolute Gasteiger partial charge is 0.508 e. The van der Waals surface area contributed by atoms with E-state index in [1.807, 2.05) is 19.9 Å². The van der Waals surface area contributed by atoms with E-state index >= 15 is 0 Å². The molecule has 7 heteroatoms. The molecule has 1 aliphatic carbocycles. The third-order valence-corrected chi connectivity index (χ3v) is 6.09. The van der Waals surface area contributed by atoms with Gasteiger partial charge in [0.1, 0.15) is 17.2 Å². The summed E-state index contributed by atoms with van der Waals surface area (Å²) in [6.45, 7) is 4.14. The Bertz CT molecular complexity index is 1210. The summed E-state index contributed by atoms with van der Waals surface area (Å²) in [4.78, 5) is 22.2. The minimum atomic E-state index is -1.54. The molecule has 176 valence electrons. The van der Waals surface area contributed by atoms with Gasteiger partial charge in [0.05, 0.1) is 0 Å². The van der Waals surface area contributed by atoms with Gasteiger partial charge in [0.15, 0.2) is 0 Å². The molecule has 0 spiro atoms. The van der Waals surface area contributed by atoms with E-state index in [1.165, 1.54) is 11.1 Å². The summed E-state index contributed by atoms with van der Waals surface area (Å²) >= 11 is 0. The number of ether oxygens (including phenoxy) is 1. The fourth-order valence-electron chi connectivity index (χ4n) is 4.45. The molecule has 0 aliphatic heterocycles. The Hall–Kier alpha value is -3.84. The van der Waals surface area contributed by atoms with Gasteiger partial charge in [-0.2, -0.15) is 0 Å². The van der Waals surface area contributed by atoms with E-state index in [9.17, 15) is 14.7 Å². The minimum Gasteiger partial charge on any atom is -0.508 e. The zero-order valence-electron chi connectivity index (χ0n) is 19.2. The van der Waals surface area contributed by atoms with Crippen molar-refractivity contribution in [1.82, 2.24) is 5.32 Å². The first-order valence-electron chi connectivity index (χ1n) is 11.3. The van der Waals surface area contributed by atoms with Crippen molar-refractivity contribution in [3.63, 3.8) is 0 Å². The van der Waals surface area contributed by atoms with Crippen LogP contribution in [0.3, 0.4) is 0 Å². The van der Waals surface area contributed by atoms with Gasteiger partial charge < -0.3 is 25.6 Å². The van der Waals surface area contributed by atoms with Crippen LogP contribution >= 0.6 is 0 Å². The standard InChI is InChI=1S/C27H28N2O5/c1-16-12-20(29-26(31)27(32)33)13-17(2)25(16)34-21-10-11-24(30)19(14-21)15-28-23-9-5-7-18-6-3-4-8-22(18)23/h3-4,6,8,10-14,23,28,30H,5,7,9,15H2,1-2H3,(H,29,31)(H,32,33). The van der Waals surface area contributed by atoms with Gasteiger partial charge in [0, 0.05) is 23.8 Å². The van der Waals surface area contributed by atoms with E-state index in [0.717, 1.165) is 36.0 Å². The van der Waals surface area contributed by atoms with Crippen molar-refractivity contribution in [3.8, 4) is 17.2 Å². The molecular weight excluding hydrogens is 432 g/mol. The third kappa shape index (κ3) is 5.21. The van der Waals surface area contributed by atoms with Gasteiger partial charge in [-0.1, -0.05) is 24.3 Å². The predicted molar refractivity (Wildman–Crippen MR) is 129 cm³/mol. The molecule has 0 saturated heterocycles. The number of anilines is 1. The lowest BCUT2D eigenvalue weighted by molar-refractivity contribution is -0.147. The van der Waals surface area contributed by atoms with Crippen LogP contribution in [0, 0.1) is 13.8 Å². The third-order valence-electron chi connectivity index (χ3n) is 6.09. The number of phenolic OH excluding ortho intramolecular Hbond substituents is 1. The molecule has 3 aromatic carbocycles. The number of carbonyl (C=O) groups is 2. The number of benzene rings is 3. The lowest BCUT2D eigenvalue weighted by Gasteiger charge is -2.26. The van der Waals surface area contributed by atoms with Gasteiger partial charge in [0.25, 0.3) is 0 Å². The molecule has 1 amide bonds. The molecular formula is C27H28N2O5. The number of amides is 1. The van der Waals surface area contributed by atoms with Gasteiger partial charge in [-0.25, -0.2) is 4.79 Å². The number of aryl methyl sites for hydroxylation is 3. The summed E-state index contributed by atoms with van der Waals surface area (Å²) in [6, 6.07) is 17.2. The first-order valence-corrected chi connectivity index (χ1v) is 11.3. The second-order valence-electron chi connectivity index (χ2n) is 8.62. The topological polar surface area (TPSA) is 108 Å². The van der Waals surface area contributed by atoms with Crippen LogP contribution in [0.5, 0.6) is 17.2 Å². The Morgan fingerprint density at radius 3 is 2.53 bits per heavy atom. The zero-order chi connectivity index (χ0) is 24.2. The van der Waals surface area contributed by atoms with Crippen LogP contribution in [-0.4, -0.2) is 22.1 Å². The molecule has 4 rings (SSSR count). The highest BCUT2D eigenvalue weighted by Gasteiger charge is 2.20. The number of phenols is 1. The number of hydrogen-bond acceptors (Lipinski definition) is 5. The molecule has 1 aliphatic rings. The molecule has 0 heterocycles. The van der Waals surface area contributed by atoms with E-state index in [4.69, 9.17) is 9.84 Å². The average molecular weight is 461 g/mol. The summed E-state index contributed by atoms with van der Waals surface area (Å²) in [5, 5.41) is 25.1. The fourth-order valence-corrected chi connectivity index (χ4v) is 4.45. The molecule has 0 bridgehead atoms. The molecule has 0 saturated carbocycles. The quantitative estimate of drug-likeness (QED) is 0.386. The van der Waals surface area contributed by atoms with Gasteiger partial charge in [-0.3, -0.25) is 4.79 Å². The number of carboxylic acids is 1. The van der Waals surface area contributed by atoms with Crippen molar-refractivity contribution in [1.29, 1.82) is 0 Å². The minimum absolute atomic E-state index is 0.198. The predicted octanol–water partition coefficient (Wildman–Crippen LogP) is 4.99. The molecule has 1 atom stereocenters.